The first kappa shape index (κ1) is 15.2. The van der Waals surface area contributed by atoms with E-state index in [9.17, 15) is 4.79 Å². The van der Waals surface area contributed by atoms with E-state index in [1.54, 1.807) is 31.6 Å². The van der Waals surface area contributed by atoms with Gasteiger partial charge in [0.2, 0.25) is 5.95 Å². The number of nitrogens with one attached hydrogen (secondary N) is 1. The van der Waals surface area contributed by atoms with E-state index in [-0.39, 0.29) is 17.7 Å². The SMILES string of the molecule is COc1cnc(C(=O)Nc2ncccn2)cc1OC1CCCC1. The smallest absolute Gasteiger partial charge is 0.276 e. The normalized spacial score (nSPS) is 14.5. The number of rotatable bonds is 5. The molecule has 1 aliphatic carbocycles. The Morgan fingerprint density at radius 3 is 2.61 bits per heavy atom. The van der Waals surface area contributed by atoms with Crippen LogP contribution in [0.3, 0.4) is 0 Å². The third-order valence-electron chi connectivity index (χ3n) is 3.67. The van der Waals surface area contributed by atoms with Crippen LogP contribution in [0.25, 0.3) is 0 Å². The van der Waals surface area contributed by atoms with Crippen molar-refractivity contribution in [3.8, 4) is 11.5 Å². The van der Waals surface area contributed by atoms with Gasteiger partial charge in [0.15, 0.2) is 11.5 Å². The highest BCUT2D eigenvalue weighted by atomic mass is 16.5. The second kappa shape index (κ2) is 7.04. The maximum Gasteiger partial charge on any atom is 0.276 e. The molecule has 7 heteroatoms. The first-order chi connectivity index (χ1) is 11.3. The van der Waals surface area contributed by atoms with Gasteiger partial charge in [0.05, 0.1) is 19.4 Å². The zero-order valence-corrected chi connectivity index (χ0v) is 12.9. The van der Waals surface area contributed by atoms with Gasteiger partial charge in [-0.2, -0.15) is 0 Å². The fourth-order valence-electron chi connectivity index (χ4n) is 2.51. The first-order valence-electron chi connectivity index (χ1n) is 7.55. The van der Waals surface area contributed by atoms with Gasteiger partial charge in [0, 0.05) is 18.5 Å². The van der Waals surface area contributed by atoms with Crippen LogP contribution in [-0.2, 0) is 0 Å². The predicted octanol–water partition coefficient (Wildman–Crippen LogP) is 2.45. The van der Waals surface area contributed by atoms with Crippen LogP contribution in [0.2, 0.25) is 0 Å². The molecule has 120 valence electrons. The number of carbonyl (C=O) groups is 1. The zero-order valence-electron chi connectivity index (χ0n) is 12.9. The molecule has 1 aliphatic rings. The summed E-state index contributed by atoms with van der Waals surface area (Å²) in [6, 6.07) is 3.27. The van der Waals surface area contributed by atoms with Gasteiger partial charge >= 0.3 is 0 Å². The zero-order chi connectivity index (χ0) is 16.1. The van der Waals surface area contributed by atoms with E-state index < -0.39 is 5.91 Å². The molecular weight excluding hydrogens is 296 g/mol. The molecule has 2 aromatic heterocycles. The molecule has 3 rings (SSSR count). The number of nitrogens with zero attached hydrogens (tertiary/aromatic N) is 3. The quantitative estimate of drug-likeness (QED) is 0.912. The van der Waals surface area contributed by atoms with Crippen LogP contribution in [0.4, 0.5) is 5.95 Å². The second-order valence-electron chi connectivity index (χ2n) is 5.27. The van der Waals surface area contributed by atoms with E-state index in [1.165, 1.54) is 6.20 Å². The Morgan fingerprint density at radius 1 is 1.17 bits per heavy atom. The number of anilines is 1. The Morgan fingerprint density at radius 2 is 1.91 bits per heavy atom. The van der Waals surface area contributed by atoms with Crippen LogP contribution in [0, 0.1) is 0 Å². The highest BCUT2D eigenvalue weighted by Gasteiger charge is 2.20. The van der Waals surface area contributed by atoms with Crippen LogP contribution >= 0.6 is 0 Å². The van der Waals surface area contributed by atoms with Gasteiger partial charge in [0.25, 0.3) is 5.91 Å². The molecular formula is C16H18N4O3. The van der Waals surface area contributed by atoms with Crippen molar-refractivity contribution >= 4 is 11.9 Å². The summed E-state index contributed by atoms with van der Waals surface area (Å²) in [7, 11) is 1.55. The standard InChI is InChI=1S/C16H18N4O3/c1-22-14-10-19-12(9-13(14)23-11-5-2-3-6-11)15(21)20-16-17-7-4-8-18-16/h4,7-11H,2-3,5-6H2,1H3,(H,17,18,20,21). The molecule has 0 radical (unpaired) electrons. The van der Waals surface area contributed by atoms with Gasteiger partial charge in [-0.3, -0.25) is 10.1 Å². The maximum atomic E-state index is 12.3. The second-order valence-corrected chi connectivity index (χ2v) is 5.27. The van der Waals surface area contributed by atoms with Crippen molar-refractivity contribution < 1.29 is 14.3 Å². The number of hydrogen-bond donors (Lipinski definition) is 1. The summed E-state index contributed by atoms with van der Waals surface area (Å²) >= 11 is 0. The molecule has 1 saturated carbocycles. The monoisotopic (exact) mass is 314 g/mol. The number of hydrogen-bond acceptors (Lipinski definition) is 6. The molecule has 2 aromatic rings. The van der Waals surface area contributed by atoms with Crippen molar-refractivity contribution in [3.05, 3.63) is 36.4 Å². The number of aromatic nitrogens is 3. The van der Waals surface area contributed by atoms with E-state index in [1.807, 2.05) is 0 Å². The van der Waals surface area contributed by atoms with Crippen molar-refractivity contribution in [2.75, 3.05) is 12.4 Å². The van der Waals surface area contributed by atoms with Crippen molar-refractivity contribution in [1.29, 1.82) is 0 Å². The van der Waals surface area contributed by atoms with Crippen LogP contribution in [0.15, 0.2) is 30.7 Å². The first-order valence-corrected chi connectivity index (χ1v) is 7.55. The van der Waals surface area contributed by atoms with Crippen molar-refractivity contribution in [1.82, 2.24) is 15.0 Å². The Balaban J connectivity index is 1.77. The summed E-state index contributed by atoms with van der Waals surface area (Å²) < 4.78 is 11.2. The molecule has 0 atom stereocenters. The summed E-state index contributed by atoms with van der Waals surface area (Å²) in [5.41, 5.74) is 0.228. The largest absolute Gasteiger partial charge is 0.491 e. The fraction of sp³-hybridized carbons (Fsp3) is 0.375. The predicted molar refractivity (Wildman–Crippen MR) is 83.7 cm³/mol. The van der Waals surface area contributed by atoms with Crippen LogP contribution in [-0.4, -0.2) is 34.1 Å². The highest BCUT2D eigenvalue weighted by molar-refractivity contribution is 6.02. The van der Waals surface area contributed by atoms with E-state index in [0.717, 1.165) is 25.7 Å². The van der Waals surface area contributed by atoms with Crippen LogP contribution < -0.4 is 14.8 Å². The molecule has 2 heterocycles. The minimum atomic E-state index is -0.393. The Hall–Kier alpha value is -2.70. The lowest BCUT2D eigenvalue weighted by Gasteiger charge is -2.16. The molecule has 0 bridgehead atoms. The minimum absolute atomic E-state index is 0.166. The van der Waals surface area contributed by atoms with E-state index in [0.29, 0.717) is 11.5 Å². The highest BCUT2D eigenvalue weighted by Crippen LogP contribution is 2.31. The van der Waals surface area contributed by atoms with Crippen molar-refractivity contribution in [2.45, 2.75) is 31.8 Å². The molecule has 7 nitrogen and oxygen atoms in total. The minimum Gasteiger partial charge on any atom is -0.491 e. The van der Waals surface area contributed by atoms with Crippen molar-refractivity contribution in [2.24, 2.45) is 0 Å². The molecule has 23 heavy (non-hydrogen) atoms. The molecule has 1 fully saturated rings. The molecule has 1 N–H and O–H groups in total. The van der Waals surface area contributed by atoms with Gasteiger partial charge in [-0.05, 0) is 31.7 Å². The molecule has 1 amide bonds. The summed E-state index contributed by atoms with van der Waals surface area (Å²) in [4.78, 5) is 24.3. The lowest BCUT2D eigenvalue weighted by Crippen LogP contribution is -2.17. The third kappa shape index (κ3) is 3.74. The van der Waals surface area contributed by atoms with E-state index in [4.69, 9.17) is 9.47 Å². The topological polar surface area (TPSA) is 86.2 Å². The summed E-state index contributed by atoms with van der Waals surface area (Å²) in [6.45, 7) is 0. The molecule has 0 aliphatic heterocycles. The molecule has 0 saturated heterocycles. The van der Waals surface area contributed by atoms with Gasteiger partial charge in [-0.25, -0.2) is 15.0 Å². The number of ether oxygens (including phenoxy) is 2. The van der Waals surface area contributed by atoms with Crippen molar-refractivity contribution in [3.63, 3.8) is 0 Å². The number of carbonyl (C=O) groups excluding carboxylic acids is 1. The van der Waals surface area contributed by atoms with Crippen LogP contribution in [0.1, 0.15) is 36.2 Å². The summed E-state index contributed by atoms with van der Waals surface area (Å²) in [6.07, 6.45) is 9.13. The molecule has 0 unspecified atom stereocenters. The Bertz CT molecular complexity index is 672. The fourth-order valence-corrected chi connectivity index (χ4v) is 2.51. The third-order valence-corrected chi connectivity index (χ3v) is 3.67. The summed E-state index contributed by atoms with van der Waals surface area (Å²) in [5.74, 6) is 0.890. The van der Waals surface area contributed by atoms with E-state index >= 15 is 0 Å². The van der Waals surface area contributed by atoms with Gasteiger partial charge < -0.3 is 9.47 Å². The summed E-state index contributed by atoms with van der Waals surface area (Å²) in [5, 5.41) is 2.60. The molecule has 0 aromatic carbocycles. The average molecular weight is 314 g/mol. The number of amides is 1. The van der Waals surface area contributed by atoms with Gasteiger partial charge in [-0.1, -0.05) is 0 Å². The number of methoxy groups -OCH3 is 1. The van der Waals surface area contributed by atoms with Gasteiger partial charge in [0.1, 0.15) is 5.69 Å². The lowest BCUT2D eigenvalue weighted by molar-refractivity contribution is 0.102. The van der Waals surface area contributed by atoms with Gasteiger partial charge in [-0.15, -0.1) is 0 Å². The number of pyridine rings is 1. The Labute approximate surface area is 134 Å². The Kier molecular flexibility index (Phi) is 4.65. The van der Waals surface area contributed by atoms with E-state index in [2.05, 4.69) is 20.3 Å². The molecule has 0 spiro atoms. The average Bonchev–Trinajstić information content (AvgIpc) is 3.09. The maximum absolute atomic E-state index is 12.3. The lowest BCUT2D eigenvalue weighted by atomic mass is 10.2. The van der Waals surface area contributed by atoms with Crippen LogP contribution in [0.5, 0.6) is 11.5 Å².